The first kappa shape index (κ1) is 10.2. The van der Waals surface area contributed by atoms with E-state index in [4.69, 9.17) is 10.8 Å². The van der Waals surface area contributed by atoms with Crippen molar-refractivity contribution in [2.45, 2.75) is 6.92 Å². The molecule has 82 valence electrons. The lowest BCUT2D eigenvalue weighted by Crippen LogP contribution is -2.04. The Hall–Kier alpha value is -2.30. The molecule has 2 aromatic rings. The van der Waals surface area contributed by atoms with Crippen LogP contribution in [0.1, 0.15) is 16.1 Å². The fourth-order valence-electron chi connectivity index (χ4n) is 1.54. The third kappa shape index (κ3) is 1.52. The van der Waals surface area contributed by atoms with Crippen molar-refractivity contribution in [3.8, 4) is 5.69 Å². The van der Waals surface area contributed by atoms with E-state index >= 15 is 0 Å². The number of nitrogen functional groups attached to an aromatic ring is 1. The number of carboxylic acid groups (broad SMARTS) is 1. The van der Waals surface area contributed by atoms with Crippen LogP contribution in [0.5, 0.6) is 0 Å². The summed E-state index contributed by atoms with van der Waals surface area (Å²) in [7, 11) is 0. The second-order valence-electron chi connectivity index (χ2n) is 3.42. The van der Waals surface area contributed by atoms with Crippen LogP contribution in [0.4, 0.5) is 5.69 Å². The SMILES string of the molecule is Cc1c(C(=O)O)cnn1-c1ccccc1N. The molecule has 0 saturated carbocycles. The summed E-state index contributed by atoms with van der Waals surface area (Å²) in [6, 6.07) is 7.18. The minimum absolute atomic E-state index is 0.184. The number of benzene rings is 1. The fourth-order valence-corrected chi connectivity index (χ4v) is 1.54. The Morgan fingerprint density at radius 3 is 2.69 bits per heavy atom. The zero-order valence-corrected chi connectivity index (χ0v) is 8.71. The molecule has 5 heteroatoms. The molecule has 1 aromatic heterocycles. The van der Waals surface area contributed by atoms with Gasteiger partial charge in [-0.15, -0.1) is 0 Å². The van der Waals surface area contributed by atoms with Crippen molar-refractivity contribution in [1.82, 2.24) is 9.78 Å². The van der Waals surface area contributed by atoms with E-state index in [0.29, 0.717) is 17.1 Å². The number of anilines is 1. The molecule has 5 nitrogen and oxygen atoms in total. The van der Waals surface area contributed by atoms with Crippen molar-refractivity contribution < 1.29 is 9.90 Å². The van der Waals surface area contributed by atoms with E-state index < -0.39 is 5.97 Å². The predicted molar refractivity (Wildman–Crippen MR) is 59.7 cm³/mol. The number of carbonyl (C=O) groups is 1. The van der Waals surface area contributed by atoms with E-state index in [0.717, 1.165) is 0 Å². The highest BCUT2D eigenvalue weighted by molar-refractivity contribution is 5.88. The summed E-state index contributed by atoms with van der Waals surface area (Å²) in [6.07, 6.45) is 1.32. The summed E-state index contributed by atoms with van der Waals surface area (Å²) >= 11 is 0. The van der Waals surface area contributed by atoms with E-state index in [1.54, 1.807) is 19.1 Å². The van der Waals surface area contributed by atoms with Crippen LogP contribution in [0.3, 0.4) is 0 Å². The predicted octanol–water partition coefficient (Wildman–Crippen LogP) is 1.46. The van der Waals surface area contributed by atoms with Crippen LogP contribution in [0.15, 0.2) is 30.5 Å². The Kier molecular flexibility index (Phi) is 2.36. The molecular formula is C11H11N3O2. The molecule has 2 rings (SSSR count). The number of aromatic nitrogens is 2. The van der Waals surface area contributed by atoms with Crippen molar-refractivity contribution in [2.24, 2.45) is 0 Å². The Balaban J connectivity index is 2.58. The van der Waals surface area contributed by atoms with Gasteiger partial charge in [0.1, 0.15) is 5.56 Å². The van der Waals surface area contributed by atoms with E-state index in [1.807, 2.05) is 12.1 Å². The van der Waals surface area contributed by atoms with Crippen LogP contribution in [0.25, 0.3) is 5.69 Å². The van der Waals surface area contributed by atoms with Gasteiger partial charge in [0.15, 0.2) is 0 Å². The van der Waals surface area contributed by atoms with Crippen molar-refractivity contribution in [3.63, 3.8) is 0 Å². The molecule has 16 heavy (non-hydrogen) atoms. The number of hydrogen-bond donors (Lipinski definition) is 2. The largest absolute Gasteiger partial charge is 0.478 e. The van der Waals surface area contributed by atoms with Gasteiger partial charge in [-0.2, -0.15) is 5.10 Å². The maximum Gasteiger partial charge on any atom is 0.339 e. The van der Waals surface area contributed by atoms with Crippen LogP contribution in [-0.2, 0) is 0 Å². The molecule has 0 aliphatic carbocycles. The van der Waals surface area contributed by atoms with E-state index in [9.17, 15) is 4.79 Å². The maximum atomic E-state index is 10.9. The third-order valence-electron chi connectivity index (χ3n) is 2.41. The summed E-state index contributed by atoms with van der Waals surface area (Å²) in [5.74, 6) is -0.988. The lowest BCUT2D eigenvalue weighted by molar-refractivity contribution is 0.0696. The van der Waals surface area contributed by atoms with Gasteiger partial charge in [0, 0.05) is 0 Å². The molecular weight excluding hydrogens is 206 g/mol. The van der Waals surface area contributed by atoms with Gasteiger partial charge in [0.25, 0.3) is 0 Å². The average molecular weight is 217 g/mol. The van der Waals surface area contributed by atoms with Crippen LogP contribution in [0, 0.1) is 6.92 Å². The number of para-hydroxylation sites is 2. The second kappa shape index (κ2) is 3.69. The first-order valence-corrected chi connectivity index (χ1v) is 4.74. The van der Waals surface area contributed by atoms with Crippen molar-refractivity contribution >= 4 is 11.7 Å². The van der Waals surface area contributed by atoms with Crippen LogP contribution < -0.4 is 5.73 Å². The molecule has 1 aromatic carbocycles. The lowest BCUT2D eigenvalue weighted by atomic mass is 10.2. The third-order valence-corrected chi connectivity index (χ3v) is 2.41. The normalized spacial score (nSPS) is 10.3. The van der Waals surface area contributed by atoms with Gasteiger partial charge in [-0.3, -0.25) is 0 Å². The molecule has 3 N–H and O–H groups in total. The Morgan fingerprint density at radius 1 is 1.44 bits per heavy atom. The Labute approximate surface area is 92.1 Å². The maximum absolute atomic E-state index is 10.9. The second-order valence-corrected chi connectivity index (χ2v) is 3.42. The van der Waals surface area contributed by atoms with Gasteiger partial charge in [0.05, 0.1) is 23.3 Å². The summed E-state index contributed by atoms with van der Waals surface area (Å²) < 4.78 is 1.53. The van der Waals surface area contributed by atoms with Crippen LogP contribution in [0.2, 0.25) is 0 Å². The zero-order valence-electron chi connectivity index (χ0n) is 8.71. The molecule has 0 bridgehead atoms. The van der Waals surface area contributed by atoms with Gasteiger partial charge < -0.3 is 10.8 Å². The molecule has 0 saturated heterocycles. The molecule has 0 atom stereocenters. The van der Waals surface area contributed by atoms with Gasteiger partial charge in [-0.05, 0) is 19.1 Å². The number of rotatable bonds is 2. The lowest BCUT2D eigenvalue weighted by Gasteiger charge is -2.07. The quantitative estimate of drug-likeness (QED) is 0.746. The smallest absolute Gasteiger partial charge is 0.339 e. The topological polar surface area (TPSA) is 81.1 Å². The molecule has 0 aliphatic heterocycles. The summed E-state index contributed by atoms with van der Waals surface area (Å²) in [5, 5.41) is 12.9. The van der Waals surface area contributed by atoms with Crippen LogP contribution >= 0.6 is 0 Å². The molecule has 0 unspecified atom stereocenters. The zero-order chi connectivity index (χ0) is 11.7. The number of aromatic carboxylic acids is 1. The van der Waals surface area contributed by atoms with E-state index in [-0.39, 0.29) is 5.56 Å². The fraction of sp³-hybridized carbons (Fsp3) is 0.0909. The number of nitrogens with two attached hydrogens (primary N) is 1. The van der Waals surface area contributed by atoms with Crippen molar-refractivity contribution in [3.05, 3.63) is 41.7 Å². The molecule has 1 heterocycles. The molecule has 0 fully saturated rings. The Bertz CT molecular complexity index is 546. The van der Waals surface area contributed by atoms with Crippen molar-refractivity contribution in [2.75, 3.05) is 5.73 Å². The molecule has 0 radical (unpaired) electrons. The van der Waals surface area contributed by atoms with E-state index in [1.165, 1.54) is 10.9 Å². The molecule has 0 aliphatic rings. The van der Waals surface area contributed by atoms with Gasteiger partial charge in [-0.1, -0.05) is 12.1 Å². The standard InChI is InChI=1S/C11H11N3O2/c1-7-8(11(15)16)6-13-14(7)10-5-3-2-4-9(10)12/h2-6H,12H2,1H3,(H,15,16). The number of nitrogens with zero attached hydrogens (tertiary/aromatic N) is 2. The first-order valence-electron chi connectivity index (χ1n) is 4.74. The summed E-state index contributed by atoms with van der Waals surface area (Å²) in [5.41, 5.74) is 7.79. The van der Waals surface area contributed by atoms with Gasteiger partial charge in [0.2, 0.25) is 0 Å². The highest BCUT2D eigenvalue weighted by Crippen LogP contribution is 2.19. The monoisotopic (exact) mass is 217 g/mol. The molecule has 0 amide bonds. The minimum atomic E-state index is -0.988. The summed E-state index contributed by atoms with van der Waals surface area (Å²) in [4.78, 5) is 10.9. The first-order chi connectivity index (χ1) is 7.61. The van der Waals surface area contributed by atoms with Crippen LogP contribution in [-0.4, -0.2) is 20.9 Å². The average Bonchev–Trinajstić information content (AvgIpc) is 2.61. The van der Waals surface area contributed by atoms with Crippen molar-refractivity contribution in [1.29, 1.82) is 0 Å². The highest BCUT2D eigenvalue weighted by Gasteiger charge is 2.14. The summed E-state index contributed by atoms with van der Waals surface area (Å²) in [6.45, 7) is 1.70. The highest BCUT2D eigenvalue weighted by atomic mass is 16.4. The number of hydrogen-bond acceptors (Lipinski definition) is 3. The molecule has 0 spiro atoms. The van der Waals surface area contributed by atoms with Gasteiger partial charge >= 0.3 is 5.97 Å². The Morgan fingerprint density at radius 2 is 2.12 bits per heavy atom. The number of carboxylic acids is 1. The van der Waals surface area contributed by atoms with E-state index in [2.05, 4.69) is 5.10 Å². The minimum Gasteiger partial charge on any atom is -0.478 e. The van der Waals surface area contributed by atoms with Gasteiger partial charge in [-0.25, -0.2) is 9.48 Å².